The quantitative estimate of drug-likeness (QED) is 0.0323. The Hall–Kier alpha value is -8.16. The van der Waals surface area contributed by atoms with Crippen LogP contribution in [0.1, 0.15) is 101 Å². The normalized spacial score (nSPS) is 16.4. The maximum absolute atomic E-state index is 14.2. The van der Waals surface area contributed by atoms with Crippen LogP contribution in [0.25, 0.3) is 0 Å². The number of nitrogens with one attached hydrogen (secondary N) is 3. The topological polar surface area (TPSA) is 251 Å². The van der Waals surface area contributed by atoms with Crippen molar-refractivity contribution < 1.29 is 74.0 Å². The first-order valence-electron chi connectivity index (χ1n) is 28.6. The lowest BCUT2D eigenvalue weighted by Crippen LogP contribution is -2.60. The van der Waals surface area contributed by atoms with Crippen LogP contribution in [-0.2, 0) is 25.7 Å². The molecule has 6 heterocycles. The zero-order valence-corrected chi connectivity index (χ0v) is 54.6. The summed E-state index contributed by atoms with van der Waals surface area (Å²) in [5.74, 6) is -2.37. The minimum atomic E-state index is -4.81. The lowest BCUT2D eigenvalue weighted by molar-refractivity contribution is -0.173. The van der Waals surface area contributed by atoms with Crippen molar-refractivity contribution >= 4 is 89.2 Å². The molecule has 0 unspecified atom stereocenters. The van der Waals surface area contributed by atoms with Gasteiger partial charge in [-0.05, 0) is 92.3 Å². The summed E-state index contributed by atoms with van der Waals surface area (Å²) in [6.45, 7) is 4.41. The Morgan fingerprint density at radius 1 is 0.574 bits per heavy atom. The lowest BCUT2D eigenvalue weighted by Gasteiger charge is -2.46. The molecule has 4 aliphatic rings. The van der Waals surface area contributed by atoms with Crippen molar-refractivity contribution in [3.05, 3.63) is 185 Å². The average Bonchev–Trinajstić information content (AvgIpc) is 1.04. The Kier molecular flexibility index (Phi) is 22.9. The molecule has 10 rings (SSSR count). The molecule has 0 saturated carbocycles. The largest absolute Gasteiger partial charge is 0.451 e. The van der Waals surface area contributed by atoms with E-state index < -0.39 is 133 Å². The lowest BCUT2D eigenvalue weighted by atomic mass is 9.94. The second kappa shape index (κ2) is 30.1. The van der Waals surface area contributed by atoms with Crippen molar-refractivity contribution in [1.82, 2.24) is 35.1 Å². The van der Waals surface area contributed by atoms with Gasteiger partial charge in [0.1, 0.15) is 31.0 Å². The van der Waals surface area contributed by atoms with Gasteiger partial charge < -0.3 is 55.2 Å². The predicted molar refractivity (Wildman–Crippen MR) is 340 cm³/mol. The van der Waals surface area contributed by atoms with Crippen molar-refractivity contribution in [3.63, 3.8) is 0 Å². The zero-order chi connectivity index (χ0) is 67.3. The van der Waals surface area contributed by atoms with Crippen LogP contribution in [0, 0.1) is 0 Å². The molecule has 2 aromatic heterocycles. The number of halogens is 9. The Balaban J connectivity index is 0.000000241. The van der Waals surface area contributed by atoms with Crippen LogP contribution in [0.4, 0.5) is 40.7 Å². The molecule has 6 aromatic rings. The Morgan fingerprint density at radius 3 is 1.35 bits per heavy atom. The van der Waals surface area contributed by atoms with E-state index in [0.29, 0.717) is 36.9 Å². The molecule has 4 atom stereocenters. The Labute approximate surface area is 558 Å². The van der Waals surface area contributed by atoms with E-state index in [-0.39, 0.29) is 38.6 Å². The third-order valence-electron chi connectivity index (χ3n) is 15.0. The summed E-state index contributed by atoms with van der Waals surface area (Å²) in [6.07, 6.45) is -9.53. The molecule has 5 N–H and O–H groups in total. The molecule has 22 nitrogen and oxygen atoms in total. The highest BCUT2D eigenvalue weighted by atomic mass is 35.5. The molecule has 94 heavy (non-hydrogen) atoms. The van der Waals surface area contributed by atoms with E-state index in [1.54, 1.807) is 55.1 Å². The molecule has 0 aliphatic carbocycles. The molecule has 504 valence electrons. The molecule has 0 saturated heterocycles. The highest BCUT2D eigenvalue weighted by molar-refractivity contribution is 7.98. The number of carbonyl (C=O) groups excluding carboxylic acids is 5. The summed E-state index contributed by atoms with van der Waals surface area (Å²) >= 11 is 16.3. The highest BCUT2D eigenvalue weighted by Gasteiger charge is 2.50. The molecule has 0 spiro atoms. The Bertz CT molecular complexity index is 3940. The number of amides is 5. The second-order valence-electron chi connectivity index (χ2n) is 22.1. The summed E-state index contributed by atoms with van der Waals surface area (Å²) in [5, 5.41) is 11.3. The summed E-state index contributed by atoms with van der Waals surface area (Å²) in [7, 11) is 0. The van der Waals surface area contributed by atoms with Gasteiger partial charge in [-0.2, -0.15) is 26.3 Å². The molecule has 5 amide bonds. The third kappa shape index (κ3) is 16.0. The van der Waals surface area contributed by atoms with E-state index in [1.165, 1.54) is 45.3 Å². The van der Waals surface area contributed by atoms with Gasteiger partial charge in [0.15, 0.2) is 11.4 Å². The number of benzene rings is 4. The first-order valence-corrected chi connectivity index (χ1v) is 31.3. The van der Waals surface area contributed by atoms with Gasteiger partial charge in [0.05, 0.1) is 12.1 Å². The van der Waals surface area contributed by atoms with Gasteiger partial charge in [0.2, 0.25) is 35.9 Å². The zero-order valence-electron chi connectivity index (χ0n) is 50.7. The van der Waals surface area contributed by atoms with Gasteiger partial charge in [0.25, 0.3) is 11.8 Å². The van der Waals surface area contributed by atoms with Gasteiger partial charge in [-0.1, -0.05) is 83.9 Å². The first-order chi connectivity index (χ1) is 44.1. The molecular weight excluding hydrogens is 1350 g/mol. The van der Waals surface area contributed by atoms with Crippen molar-refractivity contribution in [2.24, 2.45) is 5.73 Å². The van der Waals surface area contributed by atoms with Crippen LogP contribution < -0.4 is 52.0 Å². The van der Waals surface area contributed by atoms with E-state index in [1.807, 2.05) is 60.7 Å². The van der Waals surface area contributed by atoms with Crippen LogP contribution in [0.5, 0.6) is 11.5 Å². The summed E-state index contributed by atoms with van der Waals surface area (Å²) in [5.41, 5.74) is 6.62. The fourth-order valence-corrected chi connectivity index (χ4v) is 13.4. The standard InChI is InChI=1S/C33H35ClF3N5O7S.C28H27ClF3N5O5S.ClH/c1-19(33(35,36)37)40-17-42(26-20-9-7-10-23(34)22(20)16-50-25-11-6-5-8-21(25)26)41-15-12-24(43)28(27(41)29(40)44)47-18-48-30(45)38-13-14-39-31(46)49-32(2,3)4;1-16(28(30,31)32)35-14-37(23-17-6-4-7-20(29)19(17)13-43-22-8-3-2-5-18(22)23)36-12-9-21(38)25(24(36)26(35)39)41-15-42-27(40)34-11-10-33;/h5-12,15,19,26H,13-14,16-18H2,1-4H3,(H,38,45)(H,39,46);2-9,12,16,23H,10-11,13-15,33H2,1H3,(H,34,40);1H/t19-,26+;16-,23+;/m11./s1. The minimum absolute atomic E-state index is 0. The predicted octanol–water partition coefficient (Wildman–Crippen LogP) is 10.4. The fourth-order valence-electron chi connectivity index (χ4n) is 10.5. The number of nitrogens with zero attached hydrogens (tertiary/aromatic N) is 6. The number of aromatic nitrogens is 2. The maximum Gasteiger partial charge on any atom is 0.410 e. The minimum Gasteiger partial charge on any atom is -0.451 e. The van der Waals surface area contributed by atoms with Crippen LogP contribution in [0.2, 0.25) is 10.0 Å². The van der Waals surface area contributed by atoms with E-state index in [2.05, 4.69) is 16.0 Å². The Morgan fingerprint density at radius 2 is 0.957 bits per heavy atom. The van der Waals surface area contributed by atoms with Crippen LogP contribution in [0.15, 0.2) is 129 Å². The van der Waals surface area contributed by atoms with Crippen molar-refractivity contribution in [1.29, 1.82) is 0 Å². The number of hydrogen-bond acceptors (Lipinski definition) is 17. The number of carbonyl (C=O) groups is 5. The van der Waals surface area contributed by atoms with E-state index in [0.717, 1.165) is 63.6 Å². The molecule has 0 radical (unpaired) electrons. The number of alkyl carbamates (subject to hydrolysis) is 3. The molecule has 33 heteroatoms. The van der Waals surface area contributed by atoms with Crippen LogP contribution in [-0.4, -0.2) is 132 Å². The number of nitrogens with two attached hydrogens (primary N) is 1. The van der Waals surface area contributed by atoms with E-state index in [4.69, 9.17) is 52.6 Å². The van der Waals surface area contributed by atoms with Crippen LogP contribution >= 0.6 is 59.1 Å². The average molecular weight is 1410 g/mol. The second-order valence-corrected chi connectivity index (χ2v) is 24.9. The van der Waals surface area contributed by atoms with Gasteiger partial charge in [-0.3, -0.25) is 38.5 Å². The smallest absolute Gasteiger partial charge is 0.410 e. The summed E-state index contributed by atoms with van der Waals surface area (Å²) in [6, 6.07) is 21.8. The van der Waals surface area contributed by atoms with Gasteiger partial charge in [-0.25, -0.2) is 14.4 Å². The number of rotatable bonds is 15. The van der Waals surface area contributed by atoms with Crippen molar-refractivity contribution in [2.75, 3.05) is 63.1 Å². The highest BCUT2D eigenvalue weighted by Crippen LogP contribution is 2.47. The van der Waals surface area contributed by atoms with Crippen molar-refractivity contribution in [2.45, 2.75) is 98.0 Å². The third-order valence-corrected chi connectivity index (χ3v) is 17.9. The number of hydrogen-bond donors (Lipinski definition) is 4. The fraction of sp³-hybridized carbons (Fsp3) is 0.361. The van der Waals surface area contributed by atoms with E-state index >= 15 is 0 Å². The number of ether oxygens (including phenoxy) is 5. The number of fused-ring (bicyclic) bond motifs is 6. The number of pyridine rings is 2. The first kappa shape index (κ1) is 71.7. The van der Waals surface area contributed by atoms with Crippen LogP contribution in [0.3, 0.4) is 0 Å². The molecule has 4 aliphatic heterocycles. The molecule has 0 fully saturated rings. The van der Waals surface area contributed by atoms with Gasteiger partial charge in [-0.15, -0.1) is 35.9 Å². The van der Waals surface area contributed by atoms with Crippen molar-refractivity contribution in [3.8, 4) is 11.5 Å². The summed E-state index contributed by atoms with van der Waals surface area (Å²) in [4.78, 5) is 92.7. The molecule has 4 aromatic carbocycles. The monoisotopic (exact) mass is 1410 g/mol. The SMILES string of the molecule is C[C@@H](N1CN([C@@H]2c3ccccc3SCc3c(Cl)cccc32)n2ccc(=O)c(OCOC(=O)NCCN)c2C1=O)C(F)(F)F.C[C@@H](N1CN([C@@H]2c3ccccc3SCc3c(Cl)cccc32)n2ccc(=O)c(OCOC(=O)NCCNC(=O)OC(C)(C)C)c2C1=O)C(F)(F)F.Cl. The van der Waals surface area contributed by atoms with Gasteiger partial charge >= 0.3 is 30.6 Å². The summed E-state index contributed by atoms with van der Waals surface area (Å²) < 4.78 is 114. The number of alkyl halides is 6. The number of thioether (sulfide) groups is 2. The molecule has 0 bridgehead atoms. The van der Waals surface area contributed by atoms with E-state index in [9.17, 15) is 59.9 Å². The van der Waals surface area contributed by atoms with Gasteiger partial charge in [0, 0.05) is 82.0 Å². The maximum atomic E-state index is 14.2. The molecular formula is C61H63Cl3F6N10O12S2.